The van der Waals surface area contributed by atoms with Crippen molar-refractivity contribution in [1.82, 2.24) is 0 Å². The second-order valence-corrected chi connectivity index (χ2v) is 10.6. The van der Waals surface area contributed by atoms with Gasteiger partial charge in [-0.3, -0.25) is 4.79 Å². The van der Waals surface area contributed by atoms with Crippen LogP contribution in [0, 0.1) is 34.6 Å². The van der Waals surface area contributed by atoms with E-state index in [0.717, 1.165) is 15.4 Å². The SMILES string of the molecule is COC(=O)c1c(C)oc2ccc(N(C(=O)c3ccc(C)cc3)S(=O)(=O)c3c(C)cc(C)cc3C)cc12. The van der Waals surface area contributed by atoms with Gasteiger partial charge in [-0.2, -0.15) is 4.31 Å². The molecule has 0 aliphatic rings. The summed E-state index contributed by atoms with van der Waals surface area (Å²) in [5.74, 6) is -1.00. The van der Waals surface area contributed by atoms with Crippen molar-refractivity contribution in [3.8, 4) is 0 Å². The smallest absolute Gasteiger partial charge is 0.342 e. The van der Waals surface area contributed by atoms with Crippen LogP contribution < -0.4 is 4.31 Å². The molecule has 186 valence electrons. The number of hydrogen-bond acceptors (Lipinski definition) is 6. The zero-order chi connectivity index (χ0) is 26.4. The largest absolute Gasteiger partial charge is 0.465 e. The number of amides is 1. The average Bonchev–Trinajstić information content (AvgIpc) is 3.13. The number of fused-ring (bicyclic) bond motifs is 1. The van der Waals surface area contributed by atoms with Gasteiger partial charge in [0.05, 0.1) is 17.7 Å². The maximum atomic E-state index is 14.2. The second kappa shape index (κ2) is 9.28. The summed E-state index contributed by atoms with van der Waals surface area (Å²) >= 11 is 0. The molecule has 7 nitrogen and oxygen atoms in total. The van der Waals surface area contributed by atoms with Crippen molar-refractivity contribution < 1.29 is 27.2 Å². The van der Waals surface area contributed by atoms with Gasteiger partial charge in [0.15, 0.2) is 0 Å². The maximum Gasteiger partial charge on any atom is 0.342 e. The van der Waals surface area contributed by atoms with Gasteiger partial charge in [-0.25, -0.2) is 13.2 Å². The Labute approximate surface area is 210 Å². The Morgan fingerprint density at radius 3 is 2.03 bits per heavy atom. The first-order chi connectivity index (χ1) is 16.9. The van der Waals surface area contributed by atoms with Crippen molar-refractivity contribution in [2.24, 2.45) is 0 Å². The molecule has 0 N–H and O–H groups in total. The van der Waals surface area contributed by atoms with E-state index >= 15 is 0 Å². The van der Waals surface area contributed by atoms with Crippen molar-refractivity contribution in [3.63, 3.8) is 0 Å². The molecule has 0 aliphatic carbocycles. The number of ether oxygens (including phenoxy) is 1. The fraction of sp³-hybridized carbons (Fsp3) is 0.214. The highest BCUT2D eigenvalue weighted by Gasteiger charge is 2.35. The highest BCUT2D eigenvalue weighted by Crippen LogP contribution is 2.35. The van der Waals surface area contributed by atoms with Crippen LogP contribution in [-0.2, 0) is 14.8 Å². The van der Waals surface area contributed by atoms with Crippen molar-refractivity contribution in [1.29, 1.82) is 0 Å². The molecule has 0 bridgehead atoms. The molecule has 1 aromatic heterocycles. The van der Waals surface area contributed by atoms with Gasteiger partial charge in [-0.15, -0.1) is 0 Å². The molecule has 0 saturated carbocycles. The van der Waals surface area contributed by atoms with Gasteiger partial charge in [0.2, 0.25) is 0 Å². The van der Waals surface area contributed by atoms with Crippen LogP contribution in [0.3, 0.4) is 0 Å². The Balaban J connectivity index is 2.00. The molecule has 0 unspecified atom stereocenters. The predicted molar refractivity (Wildman–Crippen MR) is 138 cm³/mol. The van der Waals surface area contributed by atoms with Gasteiger partial charge in [0.25, 0.3) is 15.9 Å². The van der Waals surface area contributed by atoms with Crippen molar-refractivity contribution in [3.05, 3.63) is 93.7 Å². The Morgan fingerprint density at radius 2 is 1.44 bits per heavy atom. The second-order valence-electron chi connectivity index (χ2n) is 8.87. The highest BCUT2D eigenvalue weighted by molar-refractivity contribution is 7.93. The molecule has 1 amide bonds. The lowest BCUT2D eigenvalue weighted by Gasteiger charge is -2.25. The lowest BCUT2D eigenvalue weighted by Crippen LogP contribution is -2.37. The fourth-order valence-corrected chi connectivity index (χ4v) is 6.36. The Hall–Kier alpha value is -3.91. The van der Waals surface area contributed by atoms with E-state index in [1.807, 2.05) is 13.8 Å². The molecule has 0 atom stereocenters. The summed E-state index contributed by atoms with van der Waals surface area (Å²) in [5, 5.41) is 0.353. The summed E-state index contributed by atoms with van der Waals surface area (Å²) < 4.78 is 39.7. The summed E-state index contributed by atoms with van der Waals surface area (Å²) in [6.45, 7) is 8.80. The predicted octanol–water partition coefficient (Wildman–Crippen LogP) is 5.80. The standard InChI is InChI=1S/C28H27NO6S/c1-16-7-9-21(10-8-16)27(30)29(36(32,33)26-18(3)13-17(2)14-19(26)4)22-11-12-24-23(15-22)25(20(5)35-24)28(31)34-6/h7-15H,1-6H3. The van der Waals surface area contributed by atoms with Gasteiger partial charge in [0, 0.05) is 10.9 Å². The Kier molecular flexibility index (Phi) is 6.49. The summed E-state index contributed by atoms with van der Waals surface area (Å²) in [4.78, 5) is 26.3. The quantitative estimate of drug-likeness (QED) is 0.318. The number of furan rings is 1. The zero-order valence-corrected chi connectivity index (χ0v) is 21.8. The van der Waals surface area contributed by atoms with E-state index in [-0.39, 0.29) is 21.7 Å². The minimum absolute atomic E-state index is 0.0604. The molecule has 0 spiro atoms. The molecule has 4 rings (SSSR count). The molecule has 8 heteroatoms. The number of rotatable bonds is 5. The molecule has 0 aliphatic heterocycles. The van der Waals surface area contributed by atoms with E-state index < -0.39 is 21.9 Å². The van der Waals surface area contributed by atoms with Gasteiger partial charge in [-0.05, 0) is 76.1 Å². The minimum atomic E-state index is -4.35. The number of nitrogens with zero attached hydrogens (tertiary/aromatic N) is 1. The molecule has 1 heterocycles. The van der Waals surface area contributed by atoms with E-state index in [1.165, 1.54) is 19.2 Å². The molecule has 3 aromatic carbocycles. The monoisotopic (exact) mass is 505 g/mol. The molecular formula is C28H27NO6S. The molecule has 36 heavy (non-hydrogen) atoms. The van der Waals surface area contributed by atoms with Crippen LogP contribution in [0.25, 0.3) is 11.0 Å². The maximum absolute atomic E-state index is 14.2. The van der Waals surface area contributed by atoms with Crippen molar-refractivity contribution in [2.75, 3.05) is 11.4 Å². The van der Waals surface area contributed by atoms with Crippen molar-refractivity contribution in [2.45, 2.75) is 39.5 Å². The first kappa shape index (κ1) is 25.2. The van der Waals surface area contributed by atoms with Crippen LogP contribution in [0.2, 0.25) is 0 Å². The lowest BCUT2D eigenvalue weighted by molar-refractivity contribution is 0.0600. The van der Waals surface area contributed by atoms with Gasteiger partial charge in [-0.1, -0.05) is 35.4 Å². The topological polar surface area (TPSA) is 93.9 Å². The third-order valence-electron chi connectivity index (χ3n) is 6.06. The highest BCUT2D eigenvalue weighted by atomic mass is 32.2. The van der Waals surface area contributed by atoms with Gasteiger partial charge >= 0.3 is 5.97 Å². The van der Waals surface area contributed by atoms with Crippen molar-refractivity contribution >= 4 is 38.6 Å². The summed E-state index contributed by atoms with van der Waals surface area (Å²) in [6.07, 6.45) is 0. The molecule has 0 fully saturated rings. The Bertz CT molecular complexity index is 1590. The van der Waals surface area contributed by atoms with Crippen LogP contribution in [0.1, 0.15) is 48.7 Å². The number of carbonyl (C=O) groups is 2. The number of esters is 1. The number of aryl methyl sites for hydroxylation is 5. The van der Waals surface area contributed by atoms with Crippen LogP contribution in [0.5, 0.6) is 0 Å². The van der Waals surface area contributed by atoms with Crippen LogP contribution in [-0.4, -0.2) is 27.4 Å². The van der Waals surface area contributed by atoms with E-state index in [4.69, 9.17) is 9.15 Å². The van der Waals surface area contributed by atoms with E-state index in [0.29, 0.717) is 27.9 Å². The number of sulfonamides is 1. The van der Waals surface area contributed by atoms with Gasteiger partial charge < -0.3 is 9.15 Å². The summed E-state index contributed by atoms with van der Waals surface area (Å²) in [7, 11) is -3.10. The minimum Gasteiger partial charge on any atom is -0.465 e. The number of benzene rings is 3. The van der Waals surface area contributed by atoms with E-state index in [2.05, 4.69) is 0 Å². The van der Waals surface area contributed by atoms with Crippen LogP contribution in [0.15, 0.2) is 63.9 Å². The average molecular weight is 506 g/mol. The first-order valence-corrected chi connectivity index (χ1v) is 12.8. The Morgan fingerprint density at radius 1 is 0.833 bits per heavy atom. The first-order valence-electron chi connectivity index (χ1n) is 11.3. The van der Waals surface area contributed by atoms with E-state index in [9.17, 15) is 18.0 Å². The number of anilines is 1. The third-order valence-corrected chi connectivity index (χ3v) is 8.07. The number of carbonyl (C=O) groups excluding carboxylic acids is 2. The molecule has 0 radical (unpaired) electrons. The third kappa shape index (κ3) is 4.28. The van der Waals surface area contributed by atoms with Crippen LogP contribution in [0.4, 0.5) is 5.69 Å². The number of methoxy groups -OCH3 is 1. The molecular weight excluding hydrogens is 478 g/mol. The summed E-state index contributed by atoms with van der Waals surface area (Å²) in [5.41, 5.74) is 3.76. The normalized spacial score (nSPS) is 11.5. The zero-order valence-electron chi connectivity index (χ0n) is 21.0. The van der Waals surface area contributed by atoms with Gasteiger partial charge in [0.1, 0.15) is 16.9 Å². The van der Waals surface area contributed by atoms with Crippen LogP contribution >= 0.6 is 0 Å². The fourth-order valence-electron chi connectivity index (χ4n) is 4.53. The molecule has 0 saturated heterocycles. The number of hydrogen-bond donors (Lipinski definition) is 0. The summed E-state index contributed by atoms with van der Waals surface area (Å²) in [6, 6.07) is 14.7. The molecule has 4 aromatic rings. The van der Waals surface area contributed by atoms with E-state index in [1.54, 1.807) is 63.2 Å². The lowest BCUT2D eigenvalue weighted by atomic mass is 10.1.